The summed E-state index contributed by atoms with van der Waals surface area (Å²) in [4.78, 5) is 0. The minimum Gasteiger partial charge on any atom is -0.445 e. The molecule has 0 aliphatic carbocycles. The molecule has 1 N–H and O–H groups in total. The fourth-order valence-corrected chi connectivity index (χ4v) is 2.84. The summed E-state index contributed by atoms with van der Waals surface area (Å²) in [5.41, 5.74) is 0. The monoisotopic (exact) mass is 282 g/mol. The molecule has 0 aliphatic rings. The molecule has 3 heteroatoms. The summed E-state index contributed by atoms with van der Waals surface area (Å²) in [7, 11) is 5.04. The van der Waals surface area contributed by atoms with Crippen molar-refractivity contribution >= 4 is 8.05 Å². The molecule has 0 aromatic carbocycles. The van der Waals surface area contributed by atoms with Gasteiger partial charge in [-0.15, -0.1) is 0 Å². The molecule has 0 rings (SSSR count). The largest absolute Gasteiger partial charge is 0.445 e. The van der Waals surface area contributed by atoms with Crippen molar-refractivity contribution in [1.82, 2.24) is 0 Å². The Bertz CT molecular complexity index is 188. The molecule has 0 aromatic heterocycles. The lowest BCUT2D eigenvalue weighted by molar-refractivity contribution is 0.0849. The van der Waals surface area contributed by atoms with Crippen LogP contribution >= 0.6 is 0 Å². The van der Waals surface area contributed by atoms with Crippen LogP contribution in [0.15, 0.2) is 0 Å². The molecule has 0 aliphatic heterocycles. The van der Waals surface area contributed by atoms with Gasteiger partial charge in [0.05, 0.1) is 12.7 Å². The highest BCUT2D eigenvalue weighted by molar-refractivity contribution is 5.97. The quantitative estimate of drug-likeness (QED) is 0.346. The summed E-state index contributed by atoms with van der Waals surface area (Å²) in [6.45, 7) is 4.76. The van der Waals surface area contributed by atoms with E-state index in [0.29, 0.717) is 5.92 Å². The lowest BCUT2D eigenvalue weighted by atomic mass is 9.89. The molecular formula is C17H35BO2. The first kappa shape index (κ1) is 20.0. The van der Waals surface area contributed by atoms with Crippen molar-refractivity contribution < 1.29 is 9.76 Å². The van der Waals surface area contributed by atoms with E-state index in [2.05, 4.69) is 18.5 Å². The van der Waals surface area contributed by atoms with Gasteiger partial charge in [-0.1, -0.05) is 84.5 Å². The molecular weight excluding hydrogens is 247 g/mol. The molecule has 20 heavy (non-hydrogen) atoms. The van der Waals surface area contributed by atoms with Crippen LogP contribution in [0, 0.1) is 5.92 Å². The van der Waals surface area contributed by atoms with Crippen LogP contribution in [0.1, 0.15) is 90.9 Å². The molecule has 0 amide bonds. The summed E-state index contributed by atoms with van der Waals surface area (Å²) < 4.78 is 4.56. The Hall–Kier alpha value is -0.0151. The van der Waals surface area contributed by atoms with Crippen molar-refractivity contribution in [3.63, 3.8) is 0 Å². The summed E-state index contributed by atoms with van der Waals surface area (Å²) in [5.74, 6) is 0.638. The van der Waals surface area contributed by atoms with E-state index in [0.717, 1.165) is 6.42 Å². The maximum atomic E-state index is 9.86. The van der Waals surface area contributed by atoms with Gasteiger partial charge in [0.25, 0.3) is 8.05 Å². The van der Waals surface area contributed by atoms with Gasteiger partial charge in [-0.05, 0) is 12.3 Å². The van der Waals surface area contributed by atoms with Crippen LogP contribution in [0.25, 0.3) is 0 Å². The Labute approximate surface area is 128 Å². The molecule has 0 spiro atoms. The Balaban J connectivity index is 3.84. The number of aliphatic hydroxyl groups is 1. The summed E-state index contributed by atoms with van der Waals surface area (Å²) in [6, 6.07) is 0. The van der Waals surface area contributed by atoms with E-state index in [1.54, 1.807) is 0 Å². The van der Waals surface area contributed by atoms with Gasteiger partial charge in [0.2, 0.25) is 0 Å². The molecule has 0 saturated carbocycles. The molecule has 0 bridgehead atoms. The van der Waals surface area contributed by atoms with Crippen molar-refractivity contribution in [1.29, 1.82) is 0 Å². The minimum absolute atomic E-state index is 0.265. The Morgan fingerprint density at radius 2 is 1.35 bits per heavy atom. The van der Waals surface area contributed by atoms with Crippen molar-refractivity contribution in [2.45, 2.75) is 97.0 Å². The Morgan fingerprint density at radius 1 is 0.850 bits per heavy atom. The normalized spacial score (nSPS) is 14.3. The molecule has 0 fully saturated rings. The number of hydrogen-bond donors (Lipinski definition) is 1. The van der Waals surface area contributed by atoms with Gasteiger partial charge in [0, 0.05) is 0 Å². The zero-order valence-electron chi connectivity index (χ0n) is 13.8. The molecule has 2 unspecified atom stereocenters. The highest BCUT2D eigenvalue weighted by atomic mass is 16.4. The number of hydrogen-bond acceptors (Lipinski definition) is 2. The zero-order chi connectivity index (χ0) is 15.1. The van der Waals surface area contributed by atoms with Gasteiger partial charge < -0.3 is 9.76 Å². The van der Waals surface area contributed by atoms with Crippen LogP contribution in [0.3, 0.4) is 0 Å². The second kappa shape index (κ2) is 15.4. The van der Waals surface area contributed by atoms with Gasteiger partial charge in [0.15, 0.2) is 0 Å². The van der Waals surface area contributed by atoms with E-state index in [4.69, 9.17) is 8.05 Å². The lowest BCUT2D eigenvalue weighted by Crippen LogP contribution is -2.19. The molecule has 0 heterocycles. The Morgan fingerprint density at radius 3 is 1.85 bits per heavy atom. The van der Waals surface area contributed by atoms with Crippen molar-refractivity contribution in [2.75, 3.05) is 6.61 Å². The van der Waals surface area contributed by atoms with Crippen molar-refractivity contribution in [3.05, 3.63) is 0 Å². The first-order valence-corrected chi connectivity index (χ1v) is 8.74. The second-order valence-corrected chi connectivity index (χ2v) is 6.14. The smallest absolute Gasteiger partial charge is 0.282 e. The second-order valence-electron chi connectivity index (χ2n) is 6.14. The topological polar surface area (TPSA) is 29.5 Å². The average Bonchev–Trinajstić information content (AvgIpc) is 2.43. The summed E-state index contributed by atoms with van der Waals surface area (Å²) >= 11 is 0. The average molecular weight is 282 g/mol. The summed E-state index contributed by atoms with van der Waals surface area (Å²) in [6.07, 6.45) is 14.8. The third kappa shape index (κ3) is 13.0. The number of rotatable bonds is 15. The molecule has 0 aromatic rings. The van der Waals surface area contributed by atoms with E-state index in [1.807, 2.05) is 0 Å². The number of unbranched alkanes of at least 4 members (excludes halogenated alkanes) is 7. The van der Waals surface area contributed by atoms with E-state index in [1.165, 1.54) is 70.6 Å². The first-order chi connectivity index (χ1) is 9.74. The summed E-state index contributed by atoms with van der Waals surface area (Å²) in [5, 5.41) is 9.86. The molecule has 2 radical (unpaired) electrons. The van der Waals surface area contributed by atoms with Crippen LogP contribution < -0.4 is 0 Å². The highest BCUT2D eigenvalue weighted by Gasteiger charge is 2.14. The van der Waals surface area contributed by atoms with Crippen LogP contribution in [0.2, 0.25) is 0 Å². The molecule has 2 atom stereocenters. The third-order valence-electron chi connectivity index (χ3n) is 4.08. The lowest BCUT2D eigenvalue weighted by Gasteiger charge is -2.20. The van der Waals surface area contributed by atoms with E-state index < -0.39 is 6.10 Å². The third-order valence-corrected chi connectivity index (χ3v) is 4.08. The van der Waals surface area contributed by atoms with Gasteiger partial charge in [-0.25, -0.2) is 0 Å². The van der Waals surface area contributed by atoms with E-state index in [-0.39, 0.29) is 6.61 Å². The Kier molecular flexibility index (Phi) is 15.4. The minimum atomic E-state index is -0.396. The molecule has 118 valence electrons. The maximum absolute atomic E-state index is 9.86. The fourth-order valence-electron chi connectivity index (χ4n) is 2.84. The highest BCUT2D eigenvalue weighted by Crippen LogP contribution is 2.23. The van der Waals surface area contributed by atoms with Crippen LogP contribution in [-0.2, 0) is 4.65 Å². The van der Waals surface area contributed by atoms with Gasteiger partial charge >= 0.3 is 0 Å². The predicted molar refractivity (Wildman–Crippen MR) is 88.0 cm³/mol. The van der Waals surface area contributed by atoms with Crippen LogP contribution in [-0.4, -0.2) is 25.9 Å². The van der Waals surface area contributed by atoms with Gasteiger partial charge in [0.1, 0.15) is 0 Å². The maximum Gasteiger partial charge on any atom is 0.282 e. The molecule has 0 saturated heterocycles. The molecule has 2 nitrogen and oxygen atoms in total. The van der Waals surface area contributed by atoms with Crippen LogP contribution in [0.4, 0.5) is 0 Å². The van der Waals surface area contributed by atoms with E-state index >= 15 is 0 Å². The van der Waals surface area contributed by atoms with Crippen LogP contribution in [0.5, 0.6) is 0 Å². The van der Waals surface area contributed by atoms with Gasteiger partial charge in [-0.3, -0.25) is 0 Å². The first-order valence-electron chi connectivity index (χ1n) is 8.74. The van der Waals surface area contributed by atoms with E-state index in [9.17, 15) is 5.11 Å². The van der Waals surface area contributed by atoms with Crippen molar-refractivity contribution in [3.8, 4) is 0 Å². The van der Waals surface area contributed by atoms with Gasteiger partial charge in [-0.2, -0.15) is 0 Å². The SMILES string of the molecule is [B]OCC(O)CC(CCCCCC)CCCCCCC. The fraction of sp³-hybridized carbons (Fsp3) is 1.00. The van der Waals surface area contributed by atoms with Crippen molar-refractivity contribution in [2.24, 2.45) is 5.92 Å². The zero-order valence-corrected chi connectivity index (χ0v) is 13.8. The standard InChI is InChI=1S/C17H35BO2/c1-3-5-7-9-11-13-16(12-10-8-6-4-2)14-17(19)15-20-18/h16-17,19H,3-15H2,1-2H3. The predicted octanol–water partition coefficient (Wildman–Crippen LogP) is 4.78. The number of aliphatic hydroxyl groups excluding tert-OH is 1.